The van der Waals surface area contributed by atoms with Gasteiger partial charge in [0.1, 0.15) is 5.75 Å². The van der Waals surface area contributed by atoms with Gasteiger partial charge in [-0.25, -0.2) is 0 Å². The van der Waals surface area contributed by atoms with Crippen LogP contribution in [0.4, 0.5) is 0 Å². The van der Waals surface area contributed by atoms with Crippen molar-refractivity contribution < 1.29 is 9.53 Å². The highest BCUT2D eigenvalue weighted by molar-refractivity contribution is 5.88. The first-order valence-electron chi connectivity index (χ1n) is 7.76. The summed E-state index contributed by atoms with van der Waals surface area (Å²) in [6.45, 7) is 5.36. The molecule has 1 aliphatic rings. The first kappa shape index (κ1) is 14.9. The predicted molar refractivity (Wildman–Crippen MR) is 88.4 cm³/mol. The fourth-order valence-electron chi connectivity index (χ4n) is 2.94. The molecule has 22 heavy (non-hydrogen) atoms. The monoisotopic (exact) mass is 298 g/mol. The van der Waals surface area contributed by atoms with E-state index in [-0.39, 0.29) is 11.8 Å². The van der Waals surface area contributed by atoms with Crippen LogP contribution in [0.25, 0.3) is 10.8 Å². The van der Waals surface area contributed by atoms with E-state index in [0.717, 1.165) is 48.3 Å². The van der Waals surface area contributed by atoms with E-state index in [1.54, 1.807) is 7.11 Å². The van der Waals surface area contributed by atoms with Crippen LogP contribution in [-0.4, -0.2) is 44.1 Å². The van der Waals surface area contributed by atoms with E-state index in [2.05, 4.69) is 17.4 Å². The quantitative estimate of drug-likeness (QED) is 0.946. The van der Waals surface area contributed by atoms with Gasteiger partial charge in [-0.2, -0.15) is 0 Å². The van der Waals surface area contributed by atoms with Crippen molar-refractivity contribution in [3.63, 3.8) is 0 Å². The number of rotatable bonds is 3. The van der Waals surface area contributed by atoms with Crippen molar-refractivity contribution in [2.24, 2.45) is 0 Å². The number of amides is 1. The third kappa shape index (κ3) is 2.92. The van der Waals surface area contributed by atoms with Crippen molar-refractivity contribution in [2.45, 2.75) is 12.8 Å². The van der Waals surface area contributed by atoms with Crippen molar-refractivity contribution in [1.29, 1.82) is 0 Å². The molecular weight excluding hydrogens is 276 g/mol. The number of benzene rings is 2. The van der Waals surface area contributed by atoms with Gasteiger partial charge in [-0.05, 0) is 35.4 Å². The molecule has 0 aliphatic carbocycles. The van der Waals surface area contributed by atoms with Crippen molar-refractivity contribution in [3.05, 3.63) is 42.0 Å². The number of nitrogens with one attached hydrogen (secondary N) is 1. The van der Waals surface area contributed by atoms with E-state index < -0.39 is 0 Å². The molecule has 1 saturated heterocycles. The lowest BCUT2D eigenvalue weighted by Crippen LogP contribution is -2.47. The highest BCUT2D eigenvalue weighted by Crippen LogP contribution is 2.26. The number of ether oxygens (including phenoxy) is 1. The second-order valence-electron chi connectivity index (χ2n) is 5.77. The molecule has 1 N–H and O–H groups in total. The molecule has 1 fully saturated rings. The minimum atomic E-state index is -0.107. The number of piperazine rings is 1. The second kappa shape index (κ2) is 6.36. The Labute approximate surface area is 131 Å². The summed E-state index contributed by atoms with van der Waals surface area (Å²) in [5, 5.41) is 5.54. The average molecular weight is 298 g/mol. The molecule has 2 aromatic carbocycles. The molecule has 0 bridgehead atoms. The molecule has 1 aliphatic heterocycles. The summed E-state index contributed by atoms with van der Waals surface area (Å²) in [5.41, 5.74) is 1.07. The SMILES string of the molecule is COc1ccc2cc(C(C)C(=O)N3CCNCC3)ccc2c1. The van der Waals surface area contributed by atoms with Gasteiger partial charge in [0.15, 0.2) is 0 Å². The van der Waals surface area contributed by atoms with Gasteiger partial charge < -0.3 is 15.0 Å². The number of methoxy groups -OCH3 is 1. The Morgan fingerprint density at radius 3 is 2.55 bits per heavy atom. The predicted octanol–water partition coefficient (Wildman–Crippen LogP) is 2.38. The zero-order valence-electron chi connectivity index (χ0n) is 13.1. The molecule has 0 spiro atoms. The van der Waals surface area contributed by atoms with E-state index in [4.69, 9.17) is 4.74 Å². The Balaban J connectivity index is 1.84. The molecule has 0 saturated carbocycles. The third-order valence-corrected chi connectivity index (χ3v) is 4.37. The second-order valence-corrected chi connectivity index (χ2v) is 5.77. The maximum absolute atomic E-state index is 12.6. The zero-order valence-corrected chi connectivity index (χ0v) is 13.1. The van der Waals surface area contributed by atoms with Crippen LogP contribution in [0.3, 0.4) is 0 Å². The molecule has 1 heterocycles. The summed E-state index contributed by atoms with van der Waals surface area (Å²) in [6.07, 6.45) is 0. The molecule has 1 amide bonds. The van der Waals surface area contributed by atoms with Crippen LogP contribution in [0.5, 0.6) is 5.75 Å². The number of hydrogen-bond acceptors (Lipinski definition) is 3. The van der Waals surface area contributed by atoms with Crippen molar-refractivity contribution >= 4 is 16.7 Å². The fourth-order valence-corrected chi connectivity index (χ4v) is 2.94. The number of carbonyl (C=O) groups excluding carboxylic acids is 1. The van der Waals surface area contributed by atoms with Crippen molar-refractivity contribution in [2.75, 3.05) is 33.3 Å². The Bertz CT molecular complexity index is 678. The van der Waals surface area contributed by atoms with Gasteiger partial charge in [-0.1, -0.05) is 24.3 Å². The topological polar surface area (TPSA) is 41.6 Å². The minimum Gasteiger partial charge on any atom is -0.497 e. The maximum atomic E-state index is 12.6. The van der Waals surface area contributed by atoms with Gasteiger partial charge in [-0.3, -0.25) is 4.79 Å². The Morgan fingerprint density at radius 1 is 1.14 bits per heavy atom. The normalized spacial score (nSPS) is 16.5. The Morgan fingerprint density at radius 2 is 1.82 bits per heavy atom. The molecule has 1 unspecified atom stereocenters. The summed E-state index contributed by atoms with van der Waals surface area (Å²) in [6, 6.07) is 12.2. The first-order valence-corrected chi connectivity index (χ1v) is 7.76. The zero-order chi connectivity index (χ0) is 15.5. The van der Waals surface area contributed by atoms with E-state index in [1.165, 1.54) is 0 Å². The molecule has 4 nitrogen and oxygen atoms in total. The molecule has 116 valence electrons. The summed E-state index contributed by atoms with van der Waals surface area (Å²) < 4.78 is 5.25. The van der Waals surface area contributed by atoms with Crippen LogP contribution in [0, 0.1) is 0 Å². The maximum Gasteiger partial charge on any atom is 0.229 e. The molecule has 3 rings (SSSR count). The molecule has 4 heteroatoms. The summed E-state index contributed by atoms with van der Waals surface area (Å²) >= 11 is 0. The van der Waals surface area contributed by atoms with Crippen LogP contribution in [0.2, 0.25) is 0 Å². The lowest BCUT2D eigenvalue weighted by atomic mass is 9.96. The van der Waals surface area contributed by atoms with Crippen molar-refractivity contribution in [3.8, 4) is 5.75 Å². The highest BCUT2D eigenvalue weighted by atomic mass is 16.5. The third-order valence-electron chi connectivity index (χ3n) is 4.37. The van der Waals surface area contributed by atoms with E-state index in [0.29, 0.717) is 0 Å². The van der Waals surface area contributed by atoms with Gasteiger partial charge in [0.05, 0.1) is 13.0 Å². The lowest BCUT2D eigenvalue weighted by Gasteiger charge is -2.30. The van der Waals surface area contributed by atoms with Gasteiger partial charge >= 0.3 is 0 Å². The van der Waals surface area contributed by atoms with E-state index in [9.17, 15) is 4.79 Å². The van der Waals surface area contributed by atoms with Gasteiger partial charge in [-0.15, -0.1) is 0 Å². The fraction of sp³-hybridized carbons (Fsp3) is 0.389. The van der Waals surface area contributed by atoms with Crippen LogP contribution < -0.4 is 10.1 Å². The van der Waals surface area contributed by atoms with Crippen LogP contribution >= 0.6 is 0 Å². The largest absolute Gasteiger partial charge is 0.497 e. The molecular formula is C18H22N2O2. The van der Waals surface area contributed by atoms with Crippen LogP contribution in [-0.2, 0) is 4.79 Å². The number of carbonyl (C=O) groups is 1. The summed E-state index contributed by atoms with van der Waals surface area (Å²) in [5.74, 6) is 0.962. The van der Waals surface area contributed by atoms with Gasteiger partial charge in [0, 0.05) is 26.2 Å². The lowest BCUT2D eigenvalue weighted by molar-refractivity contribution is -0.133. The Hall–Kier alpha value is -2.07. The molecule has 0 radical (unpaired) electrons. The van der Waals surface area contributed by atoms with E-state index in [1.807, 2.05) is 36.1 Å². The van der Waals surface area contributed by atoms with Crippen molar-refractivity contribution in [1.82, 2.24) is 10.2 Å². The highest BCUT2D eigenvalue weighted by Gasteiger charge is 2.23. The van der Waals surface area contributed by atoms with Gasteiger partial charge in [0.2, 0.25) is 5.91 Å². The Kier molecular flexibility index (Phi) is 4.29. The molecule has 1 atom stereocenters. The minimum absolute atomic E-state index is 0.107. The van der Waals surface area contributed by atoms with Gasteiger partial charge in [0.25, 0.3) is 0 Å². The molecule has 2 aromatic rings. The number of fused-ring (bicyclic) bond motifs is 1. The first-order chi connectivity index (χ1) is 10.7. The average Bonchev–Trinajstić information content (AvgIpc) is 2.60. The number of hydrogen-bond donors (Lipinski definition) is 1. The molecule has 0 aromatic heterocycles. The standard InChI is InChI=1S/C18H22N2O2/c1-13(18(21)20-9-7-19-8-10-20)14-3-4-16-12-17(22-2)6-5-15(16)11-14/h3-6,11-13,19H,7-10H2,1-2H3. The van der Waals surface area contributed by atoms with E-state index >= 15 is 0 Å². The number of nitrogens with zero attached hydrogens (tertiary/aromatic N) is 1. The van der Waals surface area contributed by atoms with Crippen LogP contribution in [0.1, 0.15) is 18.4 Å². The summed E-state index contributed by atoms with van der Waals surface area (Å²) in [4.78, 5) is 14.6. The summed E-state index contributed by atoms with van der Waals surface area (Å²) in [7, 11) is 1.67. The van der Waals surface area contributed by atoms with Crippen LogP contribution in [0.15, 0.2) is 36.4 Å². The smallest absolute Gasteiger partial charge is 0.229 e.